The van der Waals surface area contributed by atoms with Gasteiger partial charge in [-0.05, 0) is 34.1 Å². The smallest absolute Gasteiger partial charge is 0.0485 e. The second-order valence-corrected chi connectivity index (χ2v) is 4.94. The van der Waals surface area contributed by atoms with Crippen LogP contribution in [0.3, 0.4) is 0 Å². The summed E-state index contributed by atoms with van der Waals surface area (Å²) in [5.74, 6) is 0. The zero-order chi connectivity index (χ0) is 12.1. The molecule has 0 spiro atoms. The molecule has 3 heteroatoms. The standard InChI is InChI=1S/C12H25NO2/c1-10(6-8-14)13(12(3,4)5)11(2)7-9-15/h11,14-15H,1,6-9H2,2-5H3. The molecule has 0 aromatic carbocycles. The van der Waals surface area contributed by atoms with Crippen LogP contribution in [0.2, 0.25) is 0 Å². The Morgan fingerprint density at radius 3 is 2.13 bits per heavy atom. The minimum absolute atomic E-state index is 0.0269. The molecule has 0 fully saturated rings. The van der Waals surface area contributed by atoms with Crippen LogP contribution >= 0.6 is 0 Å². The van der Waals surface area contributed by atoms with Gasteiger partial charge in [0.05, 0.1) is 0 Å². The van der Waals surface area contributed by atoms with Crippen molar-refractivity contribution in [3.63, 3.8) is 0 Å². The first-order valence-electron chi connectivity index (χ1n) is 5.53. The van der Waals surface area contributed by atoms with E-state index in [1.54, 1.807) is 0 Å². The molecule has 90 valence electrons. The Labute approximate surface area is 93.4 Å². The van der Waals surface area contributed by atoms with Crippen molar-refractivity contribution in [1.82, 2.24) is 4.90 Å². The molecule has 0 aliphatic rings. The van der Waals surface area contributed by atoms with Crippen LogP contribution in [0.4, 0.5) is 0 Å². The van der Waals surface area contributed by atoms with E-state index in [-0.39, 0.29) is 24.8 Å². The molecular weight excluding hydrogens is 190 g/mol. The first-order chi connectivity index (χ1) is 6.84. The van der Waals surface area contributed by atoms with Gasteiger partial charge in [0.15, 0.2) is 0 Å². The molecule has 0 aromatic rings. The van der Waals surface area contributed by atoms with E-state index in [9.17, 15) is 0 Å². The fourth-order valence-electron chi connectivity index (χ4n) is 2.01. The fourth-order valence-corrected chi connectivity index (χ4v) is 2.01. The Kier molecular flexibility index (Phi) is 5.91. The molecule has 3 nitrogen and oxygen atoms in total. The molecule has 0 saturated carbocycles. The van der Waals surface area contributed by atoms with Gasteiger partial charge in [0.25, 0.3) is 0 Å². The highest BCUT2D eigenvalue weighted by Gasteiger charge is 2.26. The van der Waals surface area contributed by atoms with Crippen molar-refractivity contribution in [2.45, 2.75) is 52.1 Å². The maximum absolute atomic E-state index is 8.96. The van der Waals surface area contributed by atoms with Crippen LogP contribution in [0, 0.1) is 0 Å². The van der Waals surface area contributed by atoms with Crippen LogP contribution in [-0.2, 0) is 0 Å². The lowest BCUT2D eigenvalue weighted by Crippen LogP contribution is -2.46. The van der Waals surface area contributed by atoms with Gasteiger partial charge in [0.2, 0.25) is 0 Å². The third kappa shape index (κ3) is 4.67. The highest BCUT2D eigenvalue weighted by Crippen LogP contribution is 2.25. The van der Waals surface area contributed by atoms with E-state index in [1.165, 1.54) is 0 Å². The van der Waals surface area contributed by atoms with Crippen molar-refractivity contribution in [1.29, 1.82) is 0 Å². The maximum atomic E-state index is 8.96. The second kappa shape index (κ2) is 6.13. The molecule has 2 N–H and O–H groups in total. The summed E-state index contributed by atoms with van der Waals surface area (Å²) in [5.41, 5.74) is 0.909. The number of hydrogen-bond donors (Lipinski definition) is 2. The second-order valence-electron chi connectivity index (χ2n) is 4.94. The molecule has 1 unspecified atom stereocenters. The quantitative estimate of drug-likeness (QED) is 0.709. The van der Waals surface area contributed by atoms with E-state index in [0.29, 0.717) is 6.42 Å². The Morgan fingerprint density at radius 1 is 1.27 bits per heavy atom. The van der Waals surface area contributed by atoms with Crippen LogP contribution in [0.5, 0.6) is 0 Å². The van der Waals surface area contributed by atoms with Gasteiger partial charge in [-0.15, -0.1) is 0 Å². The number of hydrogen-bond acceptors (Lipinski definition) is 3. The van der Waals surface area contributed by atoms with Crippen LogP contribution in [-0.4, -0.2) is 39.9 Å². The Bertz CT molecular complexity index is 196. The van der Waals surface area contributed by atoms with Gasteiger partial charge < -0.3 is 15.1 Å². The van der Waals surface area contributed by atoms with Crippen LogP contribution in [0.15, 0.2) is 12.3 Å². The maximum Gasteiger partial charge on any atom is 0.0485 e. The summed E-state index contributed by atoms with van der Waals surface area (Å²) < 4.78 is 0. The molecule has 0 heterocycles. The number of aliphatic hydroxyl groups excluding tert-OH is 2. The Hall–Kier alpha value is -0.540. The molecule has 0 bridgehead atoms. The topological polar surface area (TPSA) is 43.7 Å². The first kappa shape index (κ1) is 14.5. The van der Waals surface area contributed by atoms with Crippen LogP contribution in [0.25, 0.3) is 0 Å². The van der Waals surface area contributed by atoms with Gasteiger partial charge in [-0.1, -0.05) is 6.58 Å². The predicted octanol–water partition coefficient (Wildman–Crippen LogP) is 1.75. The van der Waals surface area contributed by atoms with Crippen molar-refractivity contribution in [2.75, 3.05) is 13.2 Å². The lowest BCUT2D eigenvalue weighted by molar-refractivity contribution is 0.106. The van der Waals surface area contributed by atoms with E-state index >= 15 is 0 Å². The van der Waals surface area contributed by atoms with E-state index in [4.69, 9.17) is 10.2 Å². The average Bonchev–Trinajstić information content (AvgIpc) is 2.01. The molecular formula is C12H25NO2. The summed E-state index contributed by atoms with van der Waals surface area (Å²) in [4.78, 5) is 2.18. The van der Waals surface area contributed by atoms with Crippen molar-refractivity contribution in [2.24, 2.45) is 0 Å². The molecule has 0 amide bonds. The zero-order valence-electron chi connectivity index (χ0n) is 10.5. The Balaban J connectivity index is 4.65. The highest BCUT2D eigenvalue weighted by atomic mass is 16.3. The number of aliphatic hydroxyl groups is 2. The summed E-state index contributed by atoms with van der Waals surface area (Å²) >= 11 is 0. The monoisotopic (exact) mass is 215 g/mol. The van der Waals surface area contributed by atoms with E-state index < -0.39 is 0 Å². The minimum Gasteiger partial charge on any atom is -0.396 e. The average molecular weight is 215 g/mol. The van der Waals surface area contributed by atoms with Crippen LogP contribution < -0.4 is 0 Å². The normalized spacial score (nSPS) is 13.7. The summed E-state index contributed by atoms with van der Waals surface area (Å²) in [6.45, 7) is 12.7. The lowest BCUT2D eigenvalue weighted by atomic mass is 10.00. The highest BCUT2D eigenvalue weighted by molar-refractivity contribution is 5.01. The third-order valence-electron chi connectivity index (χ3n) is 2.45. The molecule has 0 saturated heterocycles. The summed E-state index contributed by atoms with van der Waals surface area (Å²) in [5, 5.41) is 17.9. The van der Waals surface area contributed by atoms with Crippen molar-refractivity contribution < 1.29 is 10.2 Å². The molecule has 0 aliphatic carbocycles. The molecule has 0 radical (unpaired) electrons. The minimum atomic E-state index is -0.0269. The number of nitrogens with zero attached hydrogens (tertiary/aromatic N) is 1. The molecule has 0 aliphatic heterocycles. The van der Waals surface area contributed by atoms with Gasteiger partial charge in [0.1, 0.15) is 0 Å². The number of rotatable bonds is 6. The third-order valence-corrected chi connectivity index (χ3v) is 2.45. The molecule has 0 aromatic heterocycles. The van der Waals surface area contributed by atoms with E-state index in [0.717, 1.165) is 12.1 Å². The predicted molar refractivity (Wildman–Crippen MR) is 63.6 cm³/mol. The lowest BCUT2D eigenvalue weighted by Gasteiger charge is -2.43. The fraction of sp³-hybridized carbons (Fsp3) is 0.833. The zero-order valence-corrected chi connectivity index (χ0v) is 10.5. The van der Waals surface area contributed by atoms with Crippen molar-refractivity contribution in [3.8, 4) is 0 Å². The molecule has 1 atom stereocenters. The molecule has 0 rings (SSSR count). The Morgan fingerprint density at radius 2 is 1.80 bits per heavy atom. The SMILES string of the molecule is C=C(CCO)N(C(C)CCO)C(C)(C)C. The van der Waals surface area contributed by atoms with Gasteiger partial charge in [0, 0.05) is 36.9 Å². The molecule has 15 heavy (non-hydrogen) atoms. The summed E-state index contributed by atoms with van der Waals surface area (Å²) in [7, 11) is 0. The van der Waals surface area contributed by atoms with Gasteiger partial charge in [-0.2, -0.15) is 0 Å². The first-order valence-corrected chi connectivity index (χ1v) is 5.53. The largest absolute Gasteiger partial charge is 0.396 e. The van der Waals surface area contributed by atoms with Crippen molar-refractivity contribution in [3.05, 3.63) is 12.3 Å². The van der Waals surface area contributed by atoms with E-state index in [1.807, 2.05) is 0 Å². The van der Waals surface area contributed by atoms with Gasteiger partial charge in [-0.3, -0.25) is 0 Å². The van der Waals surface area contributed by atoms with Crippen molar-refractivity contribution >= 4 is 0 Å². The van der Waals surface area contributed by atoms with Gasteiger partial charge >= 0.3 is 0 Å². The summed E-state index contributed by atoms with van der Waals surface area (Å²) in [6, 6.07) is 0.244. The summed E-state index contributed by atoms with van der Waals surface area (Å²) in [6.07, 6.45) is 1.31. The van der Waals surface area contributed by atoms with E-state index in [2.05, 4.69) is 39.2 Å². The van der Waals surface area contributed by atoms with Gasteiger partial charge in [-0.25, -0.2) is 0 Å². The van der Waals surface area contributed by atoms with Crippen LogP contribution in [0.1, 0.15) is 40.5 Å².